The molecule has 2 aromatic rings. The molecule has 0 aliphatic heterocycles. The van der Waals surface area contributed by atoms with E-state index in [1.54, 1.807) is 18.3 Å². The molecule has 0 spiro atoms. The maximum atomic E-state index is 12.0. The predicted molar refractivity (Wildman–Crippen MR) is 74.5 cm³/mol. The van der Waals surface area contributed by atoms with Crippen molar-refractivity contribution in [3.05, 3.63) is 58.6 Å². The van der Waals surface area contributed by atoms with E-state index in [9.17, 15) is 8.78 Å². The molecule has 2 aromatic carbocycles. The second kappa shape index (κ2) is 6.43. The molecule has 0 bridgehead atoms. The van der Waals surface area contributed by atoms with E-state index < -0.39 is 6.61 Å². The van der Waals surface area contributed by atoms with Crippen LogP contribution in [0, 0.1) is 0 Å². The van der Waals surface area contributed by atoms with Crippen LogP contribution in [0.5, 0.6) is 5.75 Å². The van der Waals surface area contributed by atoms with Gasteiger partial charge in [-0.05, 0) is 54.1 Å². The lowest BCUT2D eigenvalue weighted by molar-refractivity contribution is -0.0498. The lowest BCUT2D eigenvalue weighted by Gasteiger charge is -2.03. The quantitative estimate of drug-likeness (QED) is 0.740. The molecule has 0 amide bonds. The lowest BCUT2D eigenvalue weighted by Crippen LogP contribution is -2.01. The average molecular weight is 326 g/mol. The molecule has 5 heteroatoms. The Bertz CT molecular complexity index is 553. The standard InChI is InChI=1S/C14H10BrF2NO/c15-11-3-5-12(6-4-11)18-9-10-1-7-13(8-2-10)19-14(16)17/h1-9,14H. The fraction of sp³-hybridized carbons (Fsp3) is 0.0714. The first-order chi connectivity index (χ1) is 9.13. The molecule has 0 aromatic heterocycles. The van der Waals surface area contributed by atoms with E-state index in [0.717, 1.165) is 15.7 Å². The number of halogens is 3. The maximum Gasteiger partial charge on any atom is 0.387 e. The zero-order chi connectivity index (χ0) is 13.7. The van der Waals surface area contributed by atoms with Crippen LogP contribution < -0.4 is 4.74 Å². The summed E-state index contributed by atoms with van der Waals surface area (Å²) < 4.78 is 29.2. The summed E-state index contributed by atoms with van der Waals surface area (Å²) in [5.74, 6) is 0.135. The van der Waals surface area contributed by atoms with Gasteiger partial charge in [-0.15, -0.1) is 0 Å². The Morgan fingerprint density at radius 3 is 2.21 bits per heavy atom. The fourth-order valence-corrected chi connectivity index (χ4v) is 1.68. The highest BCUT2D eigenvalue weighted by Crippen LogP contribution is 2.17. The number of hydrogen-bond donors (Lipinski definition) is 0. The topological polar surface area (TPSA) is 21.6 Å². The number of hydrogen-bond acceptors (Lipinski definition) is 2. The molecule has 2 nitrogen and oxygen atoms in total. The van der Waals surface area contributed by atoms with Gasteiger partial charge in [-0.2, -0.15) is 8.78 Å². The normalized spacial score (nSPS) is 11.2. The van der Waals surface area contributed by atoms with Gasteiger partial charge in [-0.3, -0.25) is 4.99 Å². The number of rotatable bonds is 4. The molecular formula is C14H10BrF2NO. The van der Waals surface area contributed by atoms with E-state index >= 15 is 0 Å². The van der Waals surface area contributed by atoms with Crippen LogP contribution in [-0.2, 0) is 0 Å². The third kappa shape index (κ3) is 4.44. The fourth-order valence-electron chi connectivity index (χ4n) is 1.41. The molecule has 0 fully saturated rings. The van der Waals surface area contributed by atoms with Crippen molar-refractivity contribution >= 4 is 27.8 Å². The molecule has 19 heavy (non-hydrogen) atoms. The summed E-state index contributed by atoms with van der Waals surface area (Å²) in [6, 6.07) is 13.8. The molecule has 0 aliphatic carbocycles. The lowest BCUT2D eigenvalue weighted by atomic mass is 10.2. The van der Waals surface area contributed by atoms with Crippen molar-refractivity contribution < 1.29 is 13.5 Å². The number of benzene rings is 2. The Hall–Kier alpha value is -1.75. The van der Waals surface area contributed by atoms with Gasteiger partial charge in [-0.25, -0.2) is 0 Å². The van der Waals surface area contributed by atoms with E-state index in [1.165, 1.54) is 12.1 Å². The summed E-state index contributed by atoms with van der Waals surface area (Å²) >= 11 is 3.34. The number of aliphatic imine (C=N–C) groups is 1. The smallest absolute Gasteiger partial charge is 0.387 e. The van der Waals surface area contributed by atoms with Gasteiger partial charge in [0, 0.05) is 10.7 Å². The molecule has 0 N–H and O–H groups in total. The van der Waals surface area contributed by atoms with E-state index in [0.29, 0.717) is 0 Å². The third-order valence-electron chi connectivity index (χ3n) is 2.29. The Morgan fingerprint density at radius 2 is 1.63 bits per heavy atom. The van der Waals surface area contributed by atoms with E-state index in [1.807, 2.05) is 24.3 Å². The van der Waals surface area contributed by atoms with Gasteiger partial charge in [0.15, 0.2) is 0 Å². The second-order valence-corrected chi connectivity index (χ2v) is 4.60. The zero-order valence-electron chi connectivity index (χ0n) is 9.76. The highest BCUT2D eigenvalue weighted by molar-refractivity contribution is 9.10. The van der Waals surface area contributed by atoms with Crippen molar-refractivity contribution in [2.75, 3.05) is 0 Å². The maximum absolute atomic E-state index is 12.0. The first kappa shape index (κ1) is 13.7. The minimum absolute atomic E-state index is 0.135. The summed E-state index contributed by atoms with van der Waals surface area (Å²) in [6.45, 7) is -2.80. The number of nitrogens with zero attached hydrogens (tertiary/aromatic N) is 1. The van der Waals surface area contributed by atoms with Crippen LogP contribution in [0.2, 0.25) is 0 Å². The summed E-state index contributed by atoms with van der Waals surface area (Å²) in [7, 11) is 0. The molecule has 0 atom stereocenters. The van der Waals surface area contributed by atoms with Gasteiger partial charge in [-0.1, -0.05) is 15.9 Å². The molecule has 0 saturated heterocycles. The summed E-state index contributed by atoms with van der Waals surface area (Å²) in [5.41, 5.74) is 1.63. The van der Waals surface area contributed by atoms with Gasteiger partial charge in [0.1, 0.15) is 5.75 Å². The van der Waals surface area contributed by atoms with Crippen LogP contribution in [0.4, 0.5) is 14.5 Å². The van der Waals surface area contributed by atoms with Crippen LogP contribution in [0.15, 0.2) is 58.0 Å². The van der Waals surface area contributed by atoms with Crippen LogP contribution in [0.1, 0.15) is 5.56 Å². The van der Waals surface area contributed by atoms with Gasteiger partial charge in [0.25, 0.3) is 0 Å². The molecule has 0 unspecified atom stereocenters. The molecule has 98 valence electrons. The highest BCUT2D eigenvalue weighted by Gasteiger charge is 2.02. The van der Waals surface area contributed by atoms with Crippen LogP contribution >= 0.6 is 15.9 Å². The molecule has 0 radical (unpaired) electrons. The second-order valence-electron chi connectivity index (χ2n) is 3.68. The van der Waals surface area contributed by atoms with Crippen LogP contribution in [0.3, 0.4) is 0 Å². The monoisotopic (exact) mass is 325 g/mol. The van der Waals surface area contributed by atoms with Gasteiger partial charge < -0.3 is 4.74 Å². The molecule has 2 rings (SSSR count). The zero-order valence-corrected chi connectivity index (χ0v) is 11.3. The van der Waals surface area contributed by atoms with Crippen LogP contribution in [0.25, 0.3) is 0 Å². The van der Waals surface area contributed by atoms with Crippen molar-refractivity contribution in [3.8, 4) is 5.75 Å². The molecule has 0 heterocycles. The van der Waals surface area contributed by atoms with E-state index in [2.05, 4.69) is 25.7 Å². The highest BCUT2D eigenvalue weighted by atomic mass is 79.9. The third-order valence-corrected chi connectivity index (χ3v) is 2.82. The Kier molecular flexibility index (Phi) is 4.63. The first-order valence-electron chi connectivity index (χ1n) is 5.48. The van der Waals surface area contributed by atoms with Crippen molar-refractivity contribution in [1.29, 1.82) is 0 Å². The first-order valence-corrected chi connectivity index (χ1v) is 6.27. The average Bonchev–Trinajstić information content (AvgIpc) is 2.39. The largest absolute Gasteiger partial charge is 0.435 e. The van der Waals surface area contributed by atoms with Gasteiger partial charge >= 0.3 is 6.61 Å². The van der Waals surface area contributed by atoms with Crippen molar-refractivity contribution in [1.82, 2.24) is 0 Å². The molecule has 0 saturated carbocycles. The molecule has 0 aliphatic rings. The minimum atomic E-state index is -2.80. The number of ether oxygens (including phenoxy) is 1. The minimum Gasteiger partial charge on any atom is -0.435 e. The summed E-state index contributed by atoms with van der Waals surface area (Å²) in [4.78, 5) is 4.27. The van der Waals surface area contributed by atoms with Crippen molar-refractivity contribution in [3.63, 3.8) is 0 Å². The predicted octanol–water partition coefficient (Wildman–Crippen LogP) is 4.80. The Morgan fingerprint density at radius 1 is 1.00 bits per heavy atom. The van der Waals surface area contributed by atoms with E-state index in [4.69, 9.17) is 0 Å². The van der Waals surface area contributed by atoms with Gasteiger partial charge in [0.2, 0.25) is 0 Å². The Balaban J connectivity index is 2.04. The number of alkyl halides is 2. The van der Waals surface area contributed by atoms with Crippen molar-refractivity contribution in [2.45, 2.75) is 6.61 Å². The van der Waals surface area contributed by atoms with Crippen molar-refractivity contribution in [2.24, 2.45) is 4.99 Å². The van der Waals surface area contributed by atoms with E-state index in [-0.39, 0.29) is 5.75 Å². The van der Waals surface area contributed by atoms with Gasteiger partial charge in [0.05, 0.1) is 5.69 Å². The SMILES string of the molecule is FC(F)Oc1ccc(C=Nc2ccc(Br)cc2)cc1. The summed E-state index contributed by atoms with van der Waals surface area (Å²) in [6.07, 6.45) is 1.66. The van der Waals surface area contributed by atoms with Crippen LogP contribution in [-0.4, -0.2) is 12.8 Å². The molecular weight excluding hydrogens is 316 g/mol. The Labute approximate surface area is 117 Å². The summed E-state index contributed by atoms with van der Waals surface area (Å²) in [5, 5.41) is 0.